The number of carbonyl (C=O) groups is 1. The summed E-state index contributed by atoms with van der Waals surface area (Å²) in [7, 11) is -17.4. The molecule has 6 unspecified atom stereocenters. The molecule has 10 atom stereocenters. The van der Waals surface area contributed by atoms with E-state index in [1.54, 1.807) is 0 Å². The molecule has 7 N–H and O–H groups in total. The lowest BCUT2D eigenvalue weighted by Crippen LogP contribution is -2.48. The number of carbonyl (C=O) groups excluding carboxylic acids is 1. The van der Waals surface area contributed by atoms with E-state index < -0.39 is 91.7 Å². The van der Waals surface area contributed by atoms with Gasteiger partial charge in [0, 0.05) is 6.07 Å². The Morgan fingerprint density at radius 3 is 2.25 bits per heavy atom. The van der Waals surface area contributed by atoms with Crippen molar-refractivity contribution in [1.82, 2.24) is 19.5 Å². The standard InChI is InChI=1S/C21H28N7O17P3/c22-17-12-19(25-7-24-17)28(8-26-12)20-15(31)13(29)10(42-20)5-40-47(36,37)45-48(38,39)41-6-11-14(30)16(44-46(33,34)35)21(43-11)27-3-1-2-9(4-27)18(23)32/h1-4,7-8,10-11,13-16,20-21,29-31H,5-6H2,(H7-,22,23,24,25,32,33,34,35,36,37,38,39)/p-3/t10-,11-,13+,14+,15?,16?,20?,21?/m1/s1. The van der Waals surface area contributed by atoms with Crippen molar-refractivity contribution < 1.29 is 85.3 Å². The SMILES string of the molecule is NC(=O)c1ccc[n+](C2O[C@H](COP(=O)([O-])OP(=O)([O-])OC[C@H]3OC(n4cnc5c(N)ncnc54)C(O)[C@H]3O)[C@H](O)C2OP(=O)([O-])[O-])c1. The van der Waals surface area contributed by atoms with Crippen LogP contribution >= 0.6 is 23.5 Å². The van der Waals surface area contributed by atoms with Gasteiger partial charge in [-0.2, -0.15) is 4.57 Å². The van der Waals surface area contributed by atoms with Gasteiger partial charge in [0.05, 0.1) is 27.4 Å². The smallest absolute Gasteiger partial charge is 0.292 e. The Kier molecular flexibility index (Phi) is 10.5. The number of pyridine rings is 1. The Labute approximate surface area is 267 Å². The van der Waals surface area contributed by atoms with E-state index in [2.05, 4.69) is 32.8 Å². The summed E-state index contributed by atoms with van der Waals surface area (Å²) in [6.07, 6.45) is -9.31. The summed E-state index contributed by atoms with van der Waals surface area (Å²) < 4.78 is 66.6. The zero-order valence-electron chi connectivity index (χ0n) is 23.8. The van der Waals surface area contributed by atoms with Crippen molar-refractivity contribution in [3.05, 3.63) is 42.7 Å². The zero-order valence-corrected chi connectivity index (χ0v) is 26.5. The number of imidazole rings is 1. The third-order valence-corrected chi connectivity index (χ3v) is 9.99. The Bertz CT molecular complexity index is 1810. The van der Waals surface area contributed by atoms with Crippen LogP contribution < -0.4 is 35.6 Å². The van der Waals surface area contributed by atoms with Gasteiger partial charge in [-0.1, -0.05) is 0 Å². The number of ether oxygens (including phenoxy) is 2. The predicted octanol–water partition coefficient (Wildman–Crippen LogP) is -5.43. The largest absolute Gasteiger partial charge is 0.790 e. The van der Waals surface area contributed by atoms with Gasteiger partial charge < -0.3 is 74.0 Å². The Morgan fingerprint density at radius 1 is 0.979 bits per heavy atom. The summed E-state index contributed by atoms with van der Waals surface area (Å²) in [4.78, 5) is 70.7. The highest BCUT2D eigenvalue weighted by Gasteiger charge is 2.51. The van der Waals surface area contributed by atoms with Crippen molar-refractivity contribution in [2.45, 2.75) is 49.1 Å². The van der Waals surface area contributed by atoms with E-state index in [0.29, 0.717) is 0 Å². The molecule has 2 saturated heterocycles. The van der Waals surface area contributed by atoms with Gasteiger partial charge in [-0.25, -0.2) is 19.3 Å². The molecule has 2 aliphatic rings. The number of phosphoric acid groups is 3. The van der Waals surface area contributed by atoms with E-state index in [-0.39, 0.29) is 22.5 Å². The van der Waals surface area contributed by atoms with Crippen LogP contribution in [0, 0.1) is 0 Å². The molecular formula is C21H25N7O17P3-3. The minimum atomic E-state index is -5.86. The third kappa shape index (κ3) is 8.12. The lowest BCUT2D eigenvalue weighted by molar-refractivity contribution is -0.765. The third-order valence-electron chi connectivity index (χ3n) is 6.96. The summed E-state index contributed by atoms with van der Waals surface area (Å²) in [6.45, 7) is -2.27. The van der Waals surface area contributed by atoms with Crippen LogP contribution in [0.15, 0.2) is 37.2 Å². The number of rotatable bonds is 13. The van der Waals surface area contributed by atoms with Gasteiger partial charge in [0.25, 0.3) is 27.8 Å². The second-order valence-corrected chi connectivity index (χ2v) is 14.2. The maximum absolute atomic E-state index is 12.4. The summed E-state index contributed by atoms with van der Waals surface area (Å²) in [5.74, 6) is -0.906. The summed E-state index contributed by atoms with van der Waals surface area (Å²) in [6, 6.07) is 2.55. The first-order chi connectivity index (χ1) is 22.4. The lowest BCUT2D eigenvalue weighted by Gasteiger charge is -2.33. The van der Waals surface area contributed by atoms with E-state index in [9.17, 15) is 53.4 Å². The topological polar surface area (TPSA) is 376 Å². The normalized spacial score (nSPS) is 30.3. The molecule has 5 rings (SSSR count). The van der Waals surface area contributed by atoms with Crippen molar-refractivity contribution in [2.75, 3.05) is 18.9 Å². The number of aliphatic hydroxyl groups excluding tert-OH is 3. The summed E-state index contributed by atoms with van der Waals surface area (Å²) >= 11 is 0. The number of anilines is 1. The number of aliphatic hydroxyl groups is 3. The number of aromatic nitrogens is 5. The Morgan fingerprint density at radius 2 is 1.62 bits per heavy atom. The highest BCUT2D eigenvalue weighted by atomic mass is 31.3. The lowest BCUT2D eigenvalue weighted by atomic mass is 10.1. The van der Waals surface area contributed by atoms with Crippen molar-refractivity contribution in [3.8, 4) is 0 Å². The van der Waals surface area contributed by atoms with Crippen LogP contribution in [0.2, 0.25) is 0 Å². The second-order valence-electron chi connectivity index (χ2n) is 10.2. The van der Waals surface area contributed by atoms with Crippen LogP contribution in [-0.2, 0) is 41.1 Å². The molecular weight excluding hydrogens is 715 g/mol. The zero-order chi connectivity index (χ0) is 35.2. The molecule has 5 heterocycles. The van der Waals surface area contributed by atoms with Crippen molar-refractivity contribution in [3.63, 3.8) is 0 Å². The molecule has 0 bridgehead atoms. The van der Waals surface area contributed by atoms with Crippen LogP contribution in [0.25, 0.3) is 11.2 Å². The maximum atomic E-state index is 12.4. The number of nitrogens with zero attached hydrogens (tertiary/aromatic N) is 5. The predicted molar refractivity (Wildman–Crippen MR) is 141 cm³/mol. The van der Waals surface area contributed by atoms with Crippen molar-refractivity contribution in [1.29, 1.82) is 0 Å². The van der Waals surface area contributed by atoms with Gasteiger partial charge >= 0.3 is 0 Å². The highest BCUT2D eigenvalue weighted by molar-refractivity contribution is 7.59. The van der Waals surface area contributed by atoms with Crippen LogP contribution in [0.1, 0.15) is 22.8 Å². The number of primary amides is 1. The number of fused-ring (bicyclic) bond motifs is 1. The Balaban J connectivity index is 1.20. The van der Waals surface area contributed by atoms with Crippen LogP contribution in [0.4, 0.5) is 5.82 Å². The number of nitrogen functional groups attached to an aromatic ring is 1. The first kappa shape index (κ1) is 36.4. The number of amides is 1. The van der Waals surface area contributed by atoms with Crippen LogP contribution in [-0.4, -0.2) is 90.6 Å². The molecule has 0 spiro atoms. The molecule has 2 fully saturated rings. The average Bonchev–Trinajstić information content (AvgIpc) is 3.64. The molecule has 24 nitrogen and oxygen atoms in total. The maximum Gasteiger partial charge on any atom is 0.292 e. The fraction of sp³-hybridized carbons (Fsp3) is 0.476. The number of nitrogens with two attached hydrogens (primary N) is 2. The molecule has 0 aliphatic carbocycles. The molecule has 27 heteroatoms. The van der Waals surface area contributed by atoms with Crippen LogP contribution in [0.5, 0.6) is 0 Å². The van der Waals surface area contributed by atoms with Gasteiger partial charge in [-0.15, -0.1) is 0 Å². The van der Waals surface area contributed by atoms with E-state index in [1.807, 2.05) is 0 Å². The van der Waals surface area contributed by atoms with E-state index in [4.69, 9.17) is 20.9 Å². The minimum absolute atomic E-state index is 0.00644. The van der Waals surface area contributed by atoms with E-state index >= 15 is 0 Å². The van der Waals surface area contributed by atoms with Crippen LogP contribution in [0.3, 0.4) is 0 Å². The molecule has 0 aromatic carbocycles. The van der Waals surface area contributed by atoms with Gasteiger partial charge in [0.2, 0.25) is 0 Å². The van der Waals surface area contributed by atoms with Gasteiger partial charge in [-0.3, -0.25) is 18.5 Å². The first-order valence-corrected chi connectivity index (χ1v) is 17.7. The fourth-order valence-corrected chi connectivity index (χ4v) is 7.35. The molecule has 1 amide bonds. The molecule has 3 aromatic rings. The highest BCUT2D eigenvalue weighted by Crippen LogP contribution is 2.56. The molecule has 264 valence electrons. The van der Waals surface area contributed by atoms with E-state index in [1.165, 1.54) is 29.2 Å². The first-order valence-electron chi connectivity index (χ1n) is 13.3. The number of hydrogen-bond acceptors (Lipinski definition) is 21. The molecule has 48 heavy (non-hydrogen) atoms. The summed E-state index contributed by atoms with van der Waals surface area (Å²) in [5, 5.41) is 31.5. The summed E-state index contributed by atoms with van der Waals surface area (Å²) in [5.41, 5.74) is 11.1. The van der Waals surface area contributed by atoms with Gasteiger partial charge in [0.1, 0.15) is 47.9 Å². The fourth-order valence-electron chi connectivity index (χ4n) is 4.81. The van der Waals surface area contributed by atoms with Gasteiger partial charge in [0.15, 0.2) is 36.2 Å². The number of phosphoric ester groups is 3. The monoisotopic (exact) mass is 740 g/mol. The van der Waals surface area contributed by atoms with Gasteiger partial charge in [-0.05, 0) is 6.07 Å². The minimum Gasteiger partial charge on any atom is -0.790 e. The van der Waals surface area contributed by atoms with E-state index in [0.717, 1.165) is 17.1 Å². The molecule has 2 aliphatic heterocycles. The number of hydrogen-bond donors (Lipinski definition) is 5. The molecule has 3 aromatic heterocycles. The van der Waals surface area contributed by atoms with Crippen molar-refractivity contribution in [2.24, 2.45) is 5.73 Å². The molecule has 0 radical (unpaired) electrons. The average molecular weight is 740 g/mol. The molecule has 0 saturated carbocycles. The quantitative estimate of drug-likeness (QED) is 0.0806. The Hall–Kier alpha value is -2.86. The van der Waals surface area contributed by atoms with Crippen molar-refractivity contribution >= 4 is 46.4 Å². The second kappa shape index (κ2) is 13.8.